The third-order valence-electron chi connectivity index (χ3n) is 11.5. The second-order valence-electron chi connectivity index (χ2n) is 14.3. The van der Waals surface area contributed by atoms with E-state index in [4.69, 9.17) is 0 Å². The van der Waals surface area contributed by atoms with Crippen LogP contribution >= 0.6 is 0 Å². The Bertz CT molecular complexity index is 1130. The van der Waals surface area contributed by atoms with E-state index in [1.807, 2.05) is 24.3 Å². The third kappa shape index (κ3) is 19.0. The molecule has 0 heterocycles. The Morgan fingerprint density at radius 2 is 0.904 bits per heavy atom. The van der Waals surface area contributed by atoms with E-state index in [2.05, 4.69) is 27.7 Å². The van der Waals surface area contributed by atoms with Gasteiger partial charge in [-0.15, -0.1) is 0 Å². The monoisotopic (exact) mass is 806 g/mol. The summed E-state index contributed by atoms with van der Waals surface area (Å²) in [6.45, 7) is 9.07. The molecule has 4 unspecified atom stereocenters. The Hall–Kier alpha value is -1.72. The number of nitro groups is 2. The van der Waals surface area contributed by atoms with E-state index in [1.165, 1.54) is 127 Å². The first-order valence-corrected chi connectivity index (χ1v) is 18.8. The molecule has 4 aliphatic carbocycles. The fourth-order valence-corrected chi connectivity index (χ4v) is 8.26. The minimum atomic E-state index is -0.340. The van der Waals surface area contributed by atoms with E-state index in [9.17, 15) is 20.2 Å². The van der Waals surface area contributed by atoms with Crippen molar-refractivity contribution in [3.8, 4) is 0 Å². The maximum absolute atomic E-state index is 10.6. The van der Waals surface area contributed by atoms with Crippen molar-refractivity contribution in [3.05, 3.63) is 110 Å². The Kier molecular flexibility index (Phi) is 34.7. The minimum absolute atomic E-state index is 0. The van der Waals surface area contributed by atoms with E-state index in [0.29, 0.717) is 11.8 Å². The van der Waals surface area contributed by atoms with Gasteiger partial charge in [-0.05, 0) is 78.7 Å². The zero-order chi connectivity index (χ0) is 33.3. The van der Waals surface area contributed by atoms with Crippen LogP contribution in [0.3, 0.4) is 0 Å². The SMILES string of the molecule is CCC1CCC(c2ccc([N+](=O)[O-])cc2)C1.CCC1CCCC1.CCC1CCCC1.CCC1CCCC1c1ccc([N+](=O)[O-])cc1.[CH3-].[CH3-].[CH3-].[CH3-].[Fe+2].[Fe+2]. The van der Waals surface area contributed by atoms with Crippen LogP contribution in [0.2, 0.25) is 0 Å². The van der Waals surface area contributed by atoms with Crippen LogP contribution in [-0.4, -0.2) is 9.85 Å². The molecule has 4 atom stereocenters. The molecule has 52 heavy (non-hydrogen) atoms. The van der Waals surface area contributed by atoms with Gasteiger partial charge in [-0.25, -0.2) is 0 Å². The average Bonchev–Trinajstić information content (AvgIpc) is 3.93. The number of nitro benzene ring substituents is 2. The van der Waals surface area contributed by atoms with E-state index >= 15 is 0 Å². The van der Waals surface area contributed by atoms with Crippen molar-refractivity contribution in [1.82, 2.24) is 0 Å². The third-order valence-corrected chi connectivity index (χ3v) is 11.5. The van der Waals surface area contributed by atoms with Crippen molar-refractivity contribution in [2.75, 3.05) is 0 Å². The average molecular weight is 807 g/mol. The van der Waals surface area contributed by atoms with Gasteiger partial charge in [-0.2, -0.15) is 0 Å². The van der Waals surface area contributed by atoms with E-state index in [-0.39, 0.29) is 85.1 Å². The second kappa shape index (κ2) is 31.6. The summed E-state index contributed by atoms with van der Waals surface area (Å²) in [4.78, 5) is 20.4. The van der Waals surface area contributed by atoms with Gasteiger partial charge in [-0.1, -0.05) is 135 Å². The molecule has 4 aliphatic rings. The van der Waals surface area contributed by atoms with Gasteiger partial charge in [0.2, 0.25) is 0 Å². The smallest absolute Gasteiger partial charge is 0.358 e. The second-order valence-corrected chi connectivity index (χ2v) is 14.3. The summed E-state index contributed by atoms with van der Waals surface area (Å²) in [5.41, 5.74) is 2.92. The molecule has 0 aromatic heterocycles. The first kappa shape index (κ1) is 57.0. The topological polar surface area (TPSA) is 86.3 Å². The quantitative estimate of drug-likeness (QED) is 0.115. The maximum Gasteiger partial charge on any atom is 2.00 e. The van der Waals surface area contributed by atoms with Gasteiger partial charge >= 0.3 is 34.1 Å². The first-order chi connectivity index (χ1) is 22.3. The van der Waals surface area contributed by atoms with Gasteiger partial charge in [0.25, 0.3) is 11.4 Å². The molecule has 0 saturated heterocycles. The van der Waals surface area contributed by atoms with E-state index in [0.717, 1.165) is 23.7 Å². The first-order valence-electron chi connectivity index (χ1n) is 18.8. The number of non-ortho nitro benzene ring substituents is 2. The van der Waals surface area contributed by atoms with Crippen molar-refractivity contribution >= 4 is 11.4 Å². The molecular formula is C44H74Fe2N2O4. The molecule has 0 spiro atoms. The normalized spacial score (nSPS) is 21.5. The molecule has 2 aromatic carbocycles. The largest absolute Gasteiger partial charge is 2.00 e. The van der Waals surface area contributed by atoms with Crippen LogP contribution in [-0.2, 0) is 34.1 Å². The summed E-state index contributed by atoms with van der Waals surface area (Å²) in [6.07, 6.45) is 24.9. The Morgan fingerprint density at radius 3 is 1.23 bits per heavy atom. The van der Waals surface area contributed by atoms with Gasteiger partial charge in [0.15, 0.2) is 0 Å². The number of hydrogen-bond donors (Lipinski definition) is 0. The van der Waals surface area contributed by atoms with Crippen molar-refractivity contribution in [1.29, 1.82) is 0 Å². The number of benzene rings is 2. The zero-order valence-corrected chi connectivity index (χ0v) is 36.3. The van der Waals surface area contributed by atoms with Crippen LogP contribution in [0.1, 0.15) is 166 Å². The summed E-state index contributed by atoms with van der Waals surface area (Å²) < 4.78 is 0. The van der Waals surface area contributed by atoms with Crippen molar-refractivity contribution in [2.45, 2.75) is 155 Å². The molecule has 0 N–H and O–H groups in total. The summed E-state index contributed by atoms with van der Waals surface area (Å²) in [6, 6.07) is 14.2. The standard InChI is InChI=1S/2C13H17NO2.2C7H14.4CH3.2Fe/c1-2-10-3-4-12(9-10)11-5-7-13(8-6-11)14(15)16;1-2-10-4-3-5-13(10)11-6-8-12(9-7-11)14(15)16;2*1-2-7-5-3-4-6-7;;;;;;/h5-8,10,12H,2-4,9H2,1H3;6-10,13H,2-5H2,1H3;2*7H,2-6H2,1H3;4*1H3;;/q;;;;4*-1;2*+2. The predicted molar refractivity (Wildman–Crippen MR) is 217 cm³/mol. The molecule has 6 nitrogen and oxygen atoms in total. The Labute approximate surface area is 342 Å². The van der Waals surface area contributed by atoms with Crippen LogP contribution in [0.4, 0.5) is 11.4 Å². The van der Waals surface area contributed by atoms with Crippen LogP contribution in [0, 0.1) is 73.6 Å². The van der Waals surface area contributed by atoms with Crippen LogP contribution < -0.4 is 0 Å². The number of rotatable bonds is 8. The fraction of sp³-hybridized carbons (Fsp3) is 0.636. The summed E-state index contributed by atoms with van der Waals surface area (Å²) in [7, 11) is 0. The number of hydrogen-bond acceptors (Lipinski definition) is 4. The van der Waals surface area contributed by atoms with Gasteiger partial charge in [0.1, 0.15) is 0 Å². The molecule has 0 bridgehead atoms. The molecule has 6 rings (SSSR count). The Balaban J connectivity index is -0.000000301. The zero-order valence-electron chi connectivity index (χ0n) is 34.0. The van der Waals surface area contributed by atoms with Gasteiger partial charge in [-0.3, -0.25) is 20.2 Å². The molecular weight excluding hydrogens is 732 g/mol. The molecule has 0 aliphatic heterocycles. The predicted octanol–water partition coefficient (Wildman–Crippen LogP) is 14.7. The minimum Gasteiger partial charge on any atom is -0.358 e. The van der Waals surface area contributed by atoms with Crippen molar-refractivity contribution in [3.63, 3.8) is 0 Å². The molecule has 4 saturated carbocycles. The maximum atomic E-state index is 10.6. The van der Waals surface area contributed by atoms with Gasteiger partial charge in [0.05, 0.1) is 9.85 Å². The Morgan fingerprint density at radius 1 is 0.500 bits per heavy atom. The molecule has 0 amide bonds. The molecule has 300 valence electrons. The van der Waals surface area contributed by atoms with Gasteiger partial charge in [0, 0.05) is 24.3 Å². The van der Waals surface area contributed by atoms with Gasteiger partial charge < -0.3 is 29.7 Å². The van der Waals surface area contributed by atoms with Crippen LogP contribution in [0.5, 0.6) is 0 Å². The molecule has 2 aromatic rings. The molecule has 8 heteroatoms. The fourth-order valence-electron chi connectivity index (χ4n) is 8.26. The van der Waals surface area contributed by atoms with Crippen LogP contribution in [0.25, 0.3) is 0 Å². The summed E-state index contributed by atoms with van der Waals surface area (Å²) in [5, 5.41) is 21.1. The molecule has 0 radical (unpaired) electrons. The van der Waals surface area contributed by atoms with E-state index < -0.39 is 0 Å². The van der Waals surface area contributed by atoms with E-state index in [1.54, 1.807) is 24.3 Å². The summed E-state index contributed by atoms with van der Waals surface area (Å²) in [5.74, 6) is 5.04. The van der Waals surface area contributed by atoms with Crippen LogP contribution in [0.15, 0.2) is 48.5 Å². The number of nitrogens with zero attached hydrogens (tertiary/aromatic N) is 2. The summed E-state index contributed by atoms with van der Waals surface area (Å²) >= 11 is 0. The van der Waals surface area contributed by atoms with Crippen molar-refractivity contribution < 1.29 is 44.0 Å². The van der Waals surface area contributed by atoms with Crippen molar-refractivity contribution in [2.24, 2.45) is 23.7 Å². The molecule has 4 fully saturated rings.